The number of carboxylic acids is 1. The third kappa shape index (κ3) is 3.29. The van der Waals surface area contributed by atoms with Gasteiger partial charge in [-0.05, 0) is 19.3 Å². The third-order valence-electron chi connectivity index (χ3n) is 5.10. The second-order valence-corrected chi connectivity index (χ2v) is 6.40. The van der Waals surface area contributed by atoms with Crippen LogP contribution >= 0.6 is 0 Å². The van der Waals surface area contributed by atoms with E-state index >= 15 is 0 Å². The molecule has 1 aliphatic carbocycles. The van der Waals surface area contributed by atoms with Crippen LogP contribution in [0.4, 0.5) is 0 Å². The number of nitrogens with two attached hydrogens (primary N) is 1. The van der Waals surface area contributed by atoms with Crippen LogP contribution in [0, 0.1) is 0 Å². The molecule has 0 amide bonds. The molecule has 0 saturated carbocycles. The van der Waals surface area contributed by atoms with Crippen molar-refractivity contribution >= 4 is 5.97 Å². The summed E-state index contributed by atoms with van der Waals surface area (Å²) in [6.07, 6.45) is 3.24. The second kappa shape index (κ2) is 6.98. The summed E-state index contributed by atoms with van der Waals surface area (Å²) in [5.74, 6) is -0.347. The van der Waals surface area contributed by atoms with Crippen LogP contribution in [0.15, 0.2) is 11.3 Å². The third-order valence-corrected chi connectivity index (χ3v) is 5.10. The average molecular weight is 311 g/mol. The van der Waals surface area contributed by atoms with Crippen LogP contribution in [0.25, 0.3) is 0 Å². The van der Waals surface area contributed by atoms with Crippen LogP contribution < -0.4 is 11.1 Å². The van der Waals surface area contributed by atoms with Gasteiger partial charge in [-0.2, -0.15) is 0 Å². The Labute approximate surface area is 132 Å². The molecule has 5 N–H and O–H groups in total. The standard InChI is InChI=1S/C16H29N3O3/c1-3-11-10-19(11)12(5-6-14(21)22)15-13(20)9-16(15,4-2)18-8-7-17/h11-12,18,20H,3-10,17H2,1-2H3,(H,21,22). The van der Waals surface area contributed by atoms with E-state index in [-0.39, 0.29) is 18.0 Å². The zero-order valence-electron chi connectivity index (χ0n) is 13.6. The predicted molar refractivity (Wildman–Crippen MR) is 85.8 cm³/mol. The van der Waals surface area contributed by atoms with Gasteiger partial charge in [0.2, 0.25) is 0 Å². The van der Waals surface area contributed by atoms with Crippen molar-refractivity contribution in [3.63, 3.8) is 0 Å². The second-order valence-electron chi connectivity index (χ2n) is 6.40. The zero-order valence-corrected chi connectivity index (χ0v) is 13.6. The monoisotopic (exact) mass is 311 g/mol. The minimum Gasteiger partial charge on any atom is -0.512 e. The Kier molecular flexibility index (Phi) is 5.47. The van der Waals surface area contributed by atoms with Crippen molar-refractivity contribution in [2.24, 2.45) is 5.73 Å². The minimum absolute atomic E-state index is 0.0278. The average Bonchev–Trinajstić information content (AvgIpc) is 3.26. The van der Waals surface area contributed by atoms with Crippen molar-refractivity contribution in [2.45, 2.75) is 63.6 Å². The van der Waals surface area contributed by atoms with Crippen molar-refractivity contribution in [3.8, 4) is 0 Å². The number of rotatable bonds is 10. The van der Waals surface area contributed by atoms with Gasteiger partial charge in [-0.3, -0.25) is 9.69 Å². The molecule has 22 heavy (non-hydrogen) atoms. The van der Waals surface area contributed by atoms with E-state index in [0.29, 0.717) is 37.7 Å². The van der Waals surface area contributed by atoms with Crippen LogP contribution in [-0.2, 0) is 4.79 Å². The fourth-order valence-corrected chi connectivity index (χ4v) is 3.74. The molecule has 6 nitrogen and oxygen atoms in total. The molecule has 0 radical (unpaired) electrons. The summed E-state index contributed by atoms with van der Waals surface area (Å²) in [6.45, 7) is 6.50. The topological polar surface area (TPSA) is 98.6 Å². The molecule has 0 bridgehead atoms. The van der Waals surface area contributed by atoms with E-state index < -0.39 is 5.97 Å². The Hall–Kier alpha value is -1.11. The molecule has 126 valence electrons. The SMILES string of the molecule is CCC1CN1C(CCC(=O)O)C1=C(O)CC1(CC)NCCN. The Morgan fingerprint density at radius 3 is 2.73 bits per heavy atom. The van der Waals surface area contributed by atoms with E-state index in [2.05, 4.69) is 24.1 Å². The highest BCUT2D eigenvalue weighted by Gasteiger charge is 2.51. The molecule has 4 unspecified atom stereocenters. The van der Waals surface area contributed by atoms with Crippen molar-refractivity contribution in [2.75, 3.05) is 19.6 Å². The summed E-state index contributed by atoms with van der Waals surface area (Å²) in [5, 5.41) is 22.8. The molecule has 0 spiro atoms. The van der Waals surface area contributed by atoms with Crippen LogP contribution in [0.3, 0.4) is 0 Å². The van der Waals surface area contributed by atoms with Gasteiger partial charge in [0, 0.05) is 50.1 Å². The van der Waals surface area contributed by atoms with E-state index in [1.165, 1.54) is 0 Å². The van der Waals surface area contributed by atoms with Gasteiger partial charge in [-0.25, -0.2) is 0 Å². The number of hydrogen-bond acceptors (Lipinski definition) is 5. The molecule has 2 aliphatic rings. The van der Waals surface area contributed by atoms with Crippen LogP contribution in [0.2, 0.25) is 0 Å². The summed E-state index contributed by atoms with van der Waals surface area (Å²) < 4.78 is 0. The first-order valence-electron chi connectivity index (χ1n) is 8.34. The molecule has 1 aliphatic heterocycles. The number of aliphatic hydroxyl groups excluding tert-OH is 1. The summed E-state index contributed by atoms with van der Waals surface area (Å²) in [5.41, 5.74) is 6.40. The normalized spacial score (nSPS) is 31.8. The van der Waals surface area contributed by atoms with E-state index in [9.17, 15) is 9.90 Å². The van der Waals surface area contributed by atoms with Gasteiger partial charge < -0.3 is 21.3 Å². The van der Waals surface area contributed by atoms with Crippen LogP contribution in [-0.4, -0.2) is 58.3 Å². The van der Waals surface area contributed by atoms with Gasteiger partial charge in [0.15, 0.2) is 0 Å². The van der Waals surface area contributed by atoms with E-state index in [4.69, 9.17) is 10.8 Å². The summed E-state index contributed by atoms with van der Waals surface area (Å²) in [6, 6.07) is 0.545. The lowest BCUT2D eigenvalue weighted by Crippen LogP contribution is -2.58. The number of nitrogens with one attached hydrogen (secondary N) is 1. The quantitative estimate of drug-likeness (QED) is 0.453. The zero-order chi connectivity index (χ0) is 16.3. The first-order valence-corrected chi connectivity index (χ1v) is 8.34. The highest BCUT2D eigenvalue weighted by molar-refractivity contribution is 5.66. The maximum Gasteiger partial charge on any atom is 0.303 e. The van der Waals surface area contributed by atoms with E-state index in [1.807, 2.05) is 0 Å². The predicted octanol–water partition coefficient (Wildman–Crippen LogP) is 1.23. The highest BCUT2D eigenvalue weighted by Crippen LogP contribution is 2.46. The lowest BCUT2D eigenvalue weighted by atomic mass is 9.68. The molecule has 1 heterocycles. The maximum absolute atomic E-state index is 11.0. The molecule has 1 fully saturated rings. The Morgan fingerprint density at radius 1 is 1.55 bits per heavy atom. The summed E-state index contributed by atoms with van der Waals surface area (Å²) >= 11 is 0. The lowest BCUT2D eigenvalue weighted by molar-refractivity contribution is -0.137. The maximum atomic E-state index is 11.0. The minimum atomic E-state index is -0.781. The van der Waals surface area contributed by atoms with Crippen LogP contribution in [0.5, 0.6) is 0 Å². The van der Waals surface area contributed by atoms with Crippen molar-refractivity contribution < 1.29 is 15.0 Å². The molecule has 2 rings (SSSR count). The number of carbonyl (C=O) groups is 1. The van der Waals surface area contributed by atoms with Gasteiger partial charge in [0.1, 0.15) is 0 Å². The highest BCUT2D eigenvalue weighted by atomic mass is 16.4. The number of aliphatic carboxylic acids is 1. The molecule has 6 heteroatoms. The van der Waals surface area contributed by atoms with E-state index in [0.717, 1.165) is 25.0 Å². The molecule has 0 aromatic rings. The van der Waals surface area contributed by atoms with Gasteiger partial charge in [0.25, 0.3) is 0 Å². The van der Waals surface area contributed by atoms with Gasteiger partial charge in [-0.1, -0.05) is 13.8 Å². The number of nitrogens with zero attached hydrogens (tertiary/aromatic N) is 1. The molecular weight excluding hydrogens is 282 g/mol. The molecular formula is C16H29N3O3. The smallest absolute Gasteiger partial charge is 0.303 e. The first kappa shape index (κ1) is 17.2. The van der Waals surface area contributed by atoms with Gasteiger partial charge in [-0.15, -0.1) is 0 Å². The first-order chi connectivity index (χ1) is 10.5. The molecule has 1 saturated heterocycles. The fraction of sp³-hybridized carbons (Fsp3) is 0.812. The van der Waals surface area contributed by atoms with Crippen molar-refractivity contribution in [3.05, 3.63) is 11.3 Å². The number of carboxylic acid groups (broad SMARTS) is 1. The van der Waals surface area contributed by atoms with Gasteiger partial charge in [0.05, 0.1) is 11.3 Å². The van der Waals surface area contributed by atoms with Crippen LogP contribution in [0.1, 0.15) is 46.0 Å². The Morgan fingerprint density at radius 2 is 2.27 bits per heavy atom. The Balaban J connectivity index is 2.17. The van der Waals surface area contributed by atoms with Crippen molar-refractivity contribution in [1.29, 1.82) is 0 Å². The molecule has 4 atom stereocenters. The summed E-state index contributed by atoms with van der Waals surface area (Å²) in [4.78, 5) is 13.3. The summed E-state index contributed by atoms with van der Waals surface area (Å²) in [7, 11) is 0. The number of aliphatic hydroxyl groups is 1. The fourth-order valence-electron chi connectivity index (χ4n) is 3.74. The Bertz CT molecular complexity index is 452. The largest absolute Gasteiger partial charge is 0.512 e. The van der Waals surface area contributed by atoms with E-state index in [1.54, 1.807) is 0 Å². The van der Waals surface area contributed by atoms with Crippen molar-refractivity contribution in [1.82, 2.24) is 10.2 Å². The number of hydrogen-bond donors (Lipinski definition) is 4. The molecule has 0 aromatic carbocycles. The van der Waals surface area contributed by atoms with Gasteiger partial charge >= 0.3 is 5.97 Å². The lowest BCUT2D eigenvalue weighted by Gasteiger charge is -2.48. The molecule has 0 aromatic heterocycles.